The molecule has 2 heterocycles. The lowest BCUT2D eigenvalue weighted by Crippen LogP contribution is -2.55. The average Bonchev–Trinajstić information content (AvgIpc) is 3.09. The van der Waals surface area contributed by atoms with Gasteiger partial charge in [-0.15, -0.1) is 0 Å². The Labute approximate surface area is 283 Å². The highest BCUT2D eigenvalue weighted by molar-refractivity contribution is 5.69. The summed E-state index contributed by atoms with van der Waals surface area (Å²) in [5.41, 5.74) is -6.31. The Bertz CT molecular complexity index is 1810. The quantitative estimate of drug-likeness (QED) is 0.0659. The Morgan fingerprint density at radius 1 is 0.460 bits per heavy atom. The van der Waals surface area contributed by atoms with Crippen molar-refractivity contribution in [2.24, 2.45) is 0 Å². The summed E-state index contributed by atoms with van der Waals surface area (Å²) < 4.78 is 28.5. The van der Waals surface area contributed by atoms with Crippen molar-refractivity contribution in [2.75, 3.05) is 54.4 Å². The number of carbonyl (C=O) groups excluding carboxylic acids is 3. The van der Waals surface area contributed by atoms with Crippen LogP contribution in [0.15, 0.2) is 28.8 Å². The number of methoxy groups -OCH3 is 3. The number of aliphatic hydroxyl groups is 1. The van der Waals surface area contributed by atoms with Crippen molar-refractivity contribution in [1.82, 2.24) is 27.4 Å². The minimum atomic E-state index is -1.12. The minimum Gasteiger partial charge on any atom is -0.469 e. The van der Waals surface area contributed by atoms with Crippen LogP contribution in [-0.4, -0.2) is 105 Å². The van der Waals surface area contributed by atoms with Crippen LogP contribution in [0.4, 0.5) is 0 Å². The number of hydrogen-bond acceptors (Lipinski definition) is 15. The summed E-state index contributed by atoms with van der Waals surface area (Å²) >= 11 is 0. The molecule has 0 spiro atoms. The molecule has 0 aliphatic carbocycles. The van der Waals surface area contributed by atoms with Crippen LogP contribution < -0.4 is 34.1 Å². The van der Waals surface area contributed by atoms with Gasteiger partial charge >= 0.3 is 52.0 Å². The van der Waals surface area contributed by atoms with Crippen molar-refractivity contribution in [3.63, 3.8) is 0 Å². The molecule has 1 N–H and O–H groups in total. The Morgan fingerprint density at radius 3 is 1.24 bits per heavy atom. The fourth-order valence-corrected chi connectivity index (χ4v) is 4.61. The van der Waals surface area contributed by atoms with Crippen LogP contribution >= 0.6 is 0 Å². The zero-order valence-corrected chi connectivity index (χ0v) is 28.4. The number of esters is 3. The molecule has 0 fully saturated rings. The number of unbranched alkanes of at least 4 members (excludes halogenated alkanes) is 2. The number of aromatic nitrogens is 6. The van der Waals surface area contributed by atoms with Gasteiger partial charge in [-0.05, 0) is 19.3 Å². The van der Waals surface area contributed by atoms with Gasteiger partial charge in [-0.25, -0.2) is 56.2 Å². The molecule has 21 heteroatoms. The van der Waals surface area contributed by atoms with Gasteiger partial charge in [0.05, 0.1) is 65.8 Å². The van der Waals surface area contributed by atoms with Gasteiger partial charge in [-0.3, -0.25) is 14.4 Å². The van der Waals surface area contributed by atoms with Gasteiger partial charge in [0.15, 0.2) is 0 Å². The third kappa shape index (κ3) is 11.6. The van der Waals surface area contributed by atoms with Crippen LogP contribution in [-0.2, 0) is 77.3 Å². The van der Waals surface area contributed by atoms with Crippen LogP contribution in [0.3, 0.4) is 0 Å². The van der Waals surface area contributed by atoms with E-state index in [1.165, 1.54) is 7.11 Å². The van der Waals surface area contributed by atoms with Gasteiger partial charge in [-0.1, -0.05) is 0 Å². The van der Waals surface area contributed by atoms with E-state index in [1.54, 1.807) is 7.11 Å². The third-order valence-electron chi connectivity index (χ3n) is 7.29. The summed E-state index contributed by atoms with van der Waals surface area (Å²) in [6.07, 6.45) is 0.757. The first-order valence-electron chi connectivity index (χ1n) is 15.8. The highest BCUT2D eigenvalue weighted by Crippen LogP contribution is 1.98. The lowest BCUT2D eigenvalue weighted by molar-refractivity contribution is -0.145. The minimum absolute atomic E-state index is 0.0294. The van der Waals surface area contributed by atoms with Crippen LogP contribution in [0.25, 0.3) is 0 Å². The van der Waals surface area contributed by atoms with Crippen molar-refractivity contribution in [2.45, 2.75) is 77.8 Å². The SMILES string of the molecule is COCCCCCOC(=O)CCn1c(=O)n(CCC(=O)OC)c(=O)n(CCC(=O)OCCn2c(=O)n(CCO)c(=O)n(CCOC)c2=O)c1=O. The molecule has 50 heavy (non-hydrogen) atoms. The predicted octanol–water partition coefficient (Wildman–Crippen LogP) is -3.76. The maximum Gasteiger partial charge on any atom is 0.336 e. The second-order valence-electron chi connectivity index (χ2n) is 10.6. The second kappa shape index (κ2) is 21.3. The van der Waals surface area contributed by atoms with Crippen LogP contribution in [0.2, 0.25) is 0 Å². The molecule has 0 bridgehead atoms. The van der Waals surface area contributed by atoms with Gasteiger partial charge in [0.1, 0.15) is 6.61 Å². The van der Waals surface area contributed by atoms with E-state index < -0.39 is 111 Å². The molecular formula is C29H44N6O15. The van der Waals surface area contributed by atoms with Gasteiger partial charge in [-0.2, -0.15) is 0 Å². The molecule has 280 valence electrons. The third-order valence-corrected chi connectivity index (χ3v) is 7.29. The highest BCUT2D eigenvalue weighted by Gasteiger charge is 2.20. The molecule has 0 aromatic carbocycles. The van der Waals surface area contributed by atoms with Crippen molar-refractivity contribution < 1.29 is 43.2 Å². The number of rotatable bonds is 23. The number of ether oxygens (including phenoxy) is 5. The van der Waals surface area contributed by atoms with Crippen LogP contribution in [0.5, 0.6) is 0 Å². The molecule has 2 aromatic rings. The lowest BCUT2D eigenvalue weighted by atomic mass is 10.2. The van der Waals surface area contributed by atoms with E-state index in [9.17, 15) is 48.3 Å². The lowest BCUT2D eigenvalue weighted by Gasteiger charge is -2.14. The molecule has 0 amide bonds. The molecule has 0 unspecified atom stereocenters. The summed E-state index contributed by atoms with van der Waals surface area (Å²) in [4.78, 5) is 114. The van der Waals surface area contributed by atoms with Crippen molar-refractivity contribution in [3.8, 4) is 0 Å². The normalized spacial score (nSPS) is 11.0. The number of hydrogen-bond donors (Lipinski definition) is 1. The largest absolute Gasteiger partial charge is 0.469 e. The van der Waals surface area contributed by atoms with Crippen LogP contribution in [0.1, 0.15) is 38.5 Å². The first-order valence-corrected chi connectivity index (χ1v) is 15.8. The van der Waals surface area contributed by atoms with Gasteiger partial charge in [0.2, 0.25) is 0 Å². The van der Waals surface area contributed by atoms with Gasteiger partial charge in [0, 0.05) is 40.5 Å². The predicted molar refractivity (Wildman–Crippen MR) is 171 cm³/mol. The number of carbonyl (C=O) groups is 3. The summed E-state index contributed by atoms with van der Waals surface area (Å²) in [5, 5.41) is 9.27. The van der Waals surface area contributed by atoms with E-state index in [-0.39, 0.29) is 26.2 Å². The molecule has 0 saturated carbocycles. The van der Waals surface area contributed by atoms with Gasteiger partial charge in [0.25, 0.3) is 0 Å². The maximum atomic E-state index is 13.2. The number of aliphatic hydroxyl groups excluding tert-OH is 1. The topological polar surface area (TPSA) is 250 Å². The molecular weight excluding hydrogens is 672 g/mol. The van der Waals surface area contributed by atoms with E-state index in [2.05, 4.69) is 4.74 Å². The van der Waals surface area contributed by atoms with Crippen molar-refractivity contribution in [3.05, 3.63) is 62.9 Å². The van der Waals surface area contributed by atoms with E-state index in [0.717, 1.165) is 24.5 Å². The van der Waals surface area contributed by atoms with E-state index in [1.807, 2.05) is 0 Å². The Morgan fingerprint density at radius 2 is 0.820 bits per heavy atom. The molecule has 21 nitrogen and oxygen atoms in total. The Kier molecular flexibility index (Phi) is 17.5. The highest BCUT2D eigenvalue weighted by atomic mass is 16.5. The number of nitrogens with zero attached hydrogens (tertiary/aromatic N) is 6. The second-order valence-corrected chi connectivity index (χ2v) is 10.6. The summed E-state index contributed by atoms with van der Waals surface area (Å²) in [5.74, 6) is -2.39. The van der Waals surface area contributed by atoms with Crippen molar-refractivity contribution >= 4 is 17.9 Å². The molecule has 0 radical (unpaired) electrons. The summed E-state index contributed by atoms with van der Waals surface area (Å²) in [7, 11) is 4.03. The Hall–Kier alpha value is -4.89. The summed E-state index contributed by atoms with van der Waals surface area (Å²) in [6, 6.07) is 0. The fourth-order valence-electron chi connectivity index (χ4n) is 4.61. The maximum absolute atomic E-state index is 13.2. The molecule has 2 aromatic heterocycles. The zero-order chi connectivity index (χ0) is 37.2. The fraction of sp³-hybridized carbons (Fsp3) is 0.690. The van der Waals surface area contributed by atoms with E-state index in [0.29, 0.717) is 35.9 Å². The van der Waals surface area contributed by atoms with Crippen LogP contribution in [0, 0.1) is 0 Å². The molecule has 0 aliphatic heterocycles. The zero-order valence-electron chi connectivity index (χ0n) is 28.4. The molecule has 2 rings (SSSR count). The monoisotopic (exact) mass is 716 g/mol. The average molecular weight is 717 g/mol. The van der Waals surface area contributed by atoms with Crippen molar-refractivity contribution in [1.29, 1.82) is 0 Å². The standard InChI is InChI=1S/C29H44N6O15/c1-46-17-5-4-6-18-49-22(38)8-11-31-24(40)30(10-7-21(37)48-3)25(41)32(26(31)42)12-9-23(39)50-20-15-35-28(44)33(13-16-36)27(43)34(29(35)45)14-19-47-2/h36H,4-20H2,1-3H3. The first-order chi connectivity index (χ1) is 23.9. The molecule has 0 saturated heterocycles. The Balaban J connectivity index is 2.21. The first kappa shape index (κ1) is 41.3. The summed E-state index contributed by atoms with van der Waals surface area (Å²) in [6.45, 7) is -3.00. The smallest absolute Gasteiger partial charge is 0.336 e. The molecule has 0 atom stereocenters. The van der Waals surface area contributed by atoms with E-state index >= 15 is 0 Å². The molecule has 0 aliphatic rings. The van der Waals surface area contributed by atoms with Gasteiger partial charge < -0.3 is 28.8 Å². The van der Waals surface area contributed by atoms with E-state index in [4.69, 9.17) is 18.9 Å².